The summed E-state index contributed by atoms with van der Waals surface area (Å²) < 4.78 is 72.7. The lowest BCUT2D eigenvalue weighted by Crippen LogP contribution is -2.35. The molecule has 6 nitrogen and oxygen atoms in total. The maximum absolute atomic E-state index is 13.8. The second-order valence-electron chi connectivity index (χ2n) is 6.51. The van der Waals surface area contributed by atoms with E-state index < -0.39 is 39.1 Å². The molecule has 156 valence electrons. The Labute approximate surface area is 166 Å². The molecule has 0 saturated carbocycles. The second kappa shape index (κ2) is 8.42. The number of nitrogens with one attached hydrogen (secondary N) is 1. The number of carbonyl (C=O) groups is 1. The summed E-state index contributed by atoms with van der Waals surface area (Å²) in [5, 5.41) is 2.12. The van der Waals surface area contributed by atoms with E-state index in [1.54, 1.807) is 0 Å². The van der Waals surface area contributed by atoms with Crippen LogP contribution in [-0.2, 0) is 10.0 Å². The smallest absolute Gasteiger partial charge is 0.255 e. The molecule has 2 aromatic carbocycles. The second-order valence-corrected chi connectivity index (χ2v) is 8.41. The maximum Gasteiger partial charge on any atom is 0.255 e. The van der Waals surface area contributed by atoms with Crippen LogP contribution in [0.25, 0.3) is 0 Å². The molecule has 0 unspecified atom stereocenters. The molecule has 1 amide bonds. The van der Waals surface area contributed by atoms with Gasteiger partial charge in [0.1, 0.15) is 10.6 Å². The molecule has 1 heterocycles. The Balaban J connectivity index is 1.94. The lowest BCUT2D eigenvalue weighted by Gasteiger charge is -2.26. The van der Waals surface area contributed by atoms with Crippen molar-refractivity contribution < 1.29 is 31.1 Å². The zero-order valence-corrected chi connectivity index (χ0v) is 16.4. The molecule has 10 heteroatoms. The summed E-state index contributed by atoms with van der Waals surface area (Å²) in [4.78, 5) is 12.3. The molecule has 1 N–H and O–H groups in total. The average molecular weight is 428 g/mol. The third kappa shape index (κ3) is 4.23. The van der Waals surface area contributed by atoms with Crippen molar-refractivity contribution in [2.75, 3.05) is 25.5 Å². The van der Waals surface area contributed by atoms with Crippen LogP contribution in [0.3, 0.4) is 0 Å². The summed E-state index contributed by atoms with van der Waals surface area (Å²) in [6, 6.07) is 5.28. The summed E-state index contributed by atoms with van der Waals surface area (Å²) in [7, 11) is -2.60. The van der Waals surface area contributed by atoms with Gasteiger partial charge in [0.15, 0.2) is 17.5 Å². The highest BCUT2D eigenvalue weighted by Gasteiger charge is 2.30. The van der Waals surface area contributed by atoms with Crippen molar-refractivity contribution >= 4 is 21.6 Å². The van der Waals surface area contributed by atoms with E-state index in [4.69, 9.17) is 4.74 Å². The van der Waals surface area contributed by atoms with Gasteiger partial charge in [-0.05, 0) is 43.2 Å². The molecule has 0 aromatic heterocycles. The Bertz CT molecular complexity index is 1040. The van der Waals surface area contributed by atoms with Crippen molar-refractivity contribution in [3.8, 4) is 5.75 Å². The average Bonchev–Trinajstić information content (AvgIpc) is 2.74. The van der Waals surface area contributed by atoms with Gasteiger partial charge in [-0.3, -0.25) is 4.79 Å². The molecule has 1 aliphatic rings. The van der Waals surface area contributed by atoms with Crippen LogP contribution < -0.4 is 10.1 Å². The van der Waals surface area contributed by atoms with Gasteiger partial charge in [0.05, 0.1) is 12.8 Å². The molecular formula is C19H19F3N2O4S. The van der Waals surface area contributed by atoms with Crippen molar-refractivity contribution in [1.29, 1.82) is 0 Å². The molecular weight excluding hydrogens is 409 g/mol. The SMILES string of the molecule is COc1ccc(C(=O)Nc2ccc(F)c(F)c2F)cc1S(=O)(=O)N1CCCCC1. The molecule has 0 atom stereocenters. The molecule has 2 aromatic rings. The molecule has 1 fully saturated rings. The van der Waals surface area contributed by atoms with Crippen LogP contribution in [0.1, 0.15) is 29.6 Å². The molecule has 0 bridgehead atoms. The zero-order valence-electron chi connectivity index (χ0n) is 15.5. The van der Waals surface area contributed by atoms with E-state index >= 15 is 0 Å². The number of piperidine rings is 1. The number of sulfonamides is 1. The lowest BCUT2D eigenvalue weighted by atomic mass is 10.2. The Kier molecular flexibility index (Phi) is 6.13. The Hall–Kier alpha value is -2.59. The predicted molar refractivity (Wildman–Crippen MR) is 99.9 cm³/mol. The highest BCUT2D eigenvalue weighted by Crippen LogP contribution is 2.30. The number of amides is 1. The van der Waals surface area contributed by atoms with Gasteiger partial charge >= 0.3 is 0 Å². The summed E-state index contributed by atoms with van der Waals surface area (Å²) in [6.45, 7) is 0.726. The first-order valence-electron chi connectivity index (χ1n) is 8.88. The van der Waals surface area contributed by atoms with Gasteiger partial charge in [-0.15, -0.1) is 0 Å². The van der Waals surface area contributed by atoms with E-state index in [1.807, 2.05) is 0 Å². The number of anilines is 1. The fraction of sp³-hybridized carbons (Fsp3) is 0.316. The van der Waals surface area contributed by atoms with Gasteiger partial charge in [-0.2, -0.15) is 4.31 Å². The molecule has 0 radical (unpaired) electrons. The minimum Gasteiger partial charge on any atom is -0.495 e. The fourth-order valence-corrected chi connectivity index (χ4v) is 4.78. The maximum atomic E-state index is 13.8. The minimum atomic E-state index is -3.91. The number of nitrogens with zero attached hydrogens (tertiary/aromatic N) is 1. The van der Waals surface area contributed by atoms with E-state index in [1.165, 1.54) is 23.5 Å². The van der Waals surface area contributed by atoms with Crippen molar-refractivity contribution in [1.82, 2.24) is 4.31 Å². The number of ether oxygens (including phenoxy) is 1. The van der Waals surface area contributed by atoms with E-state index in [-0.39, 0.29) is 16.2 Å². The lowest BCUT2D eigenvalue weighted by molar-refractivity contribution is 0.102. The summed E-state index contributed by atoms with van der Waals surface area (Å²) in [5.74, 6) is -5.47. The standard InChI is InChI=1S/C19H19F3N2O4S/c1-28-15-8-5-12(11-16(15)29(26,27)24-9-3-2-4-10-24)19(25)23-14-7-6-13(20)17(21)18(14)22/h5-8,11H,2-4,9-10H2,1H3,(H,23,25). The first-order chi connectivity index (χ1) is 13.8. The molecule has 29 heavy (non-hydrogen) atoms. The number of benzene rings is 2. The molecule has 1 aliphatic heterocycles. The summed E-state index contributed by atoms with van der Waals surface area (Å²) >= 11 is 0. The number of methoxy groups -OCH3 is 1. The molecule has 0 spiro atoms. The highest BCUT2D eigenvalue weighted by atomic mass is 32.2. The van der Waals surface area contributed by atoms with Crippen LogP contribution >= 0.6 is 0 Å². The minimum absolute atomic E-state index is 0.0612. The van der Waals surface area contributed by atoms with Crippen LogP contribution in [-0.4, -0.2) is 38.8 Å². The van der Waals surface area contributed by atoms with E-state index in [9.17, 15) is 26.4 Å². The van der Waals surface area contributed by atoms with Gasteiger partial charge in [-0.25, -0.2) is 21.6 Å². The van der Waals surface area contributed by atoms with Crippen molar-refractivity contribution in [3.63, 3.8) is 0 Å². The van der Waals surface area contributed by atoms with Gasteiger partial charge in [-0.1, -0.05) is 6.42 Å². The first-order valence-corrected chi connectivity index (χ1v) is 10.3. The van der Waals surface area contributed by atoms with Crippen molar-refractivity contribution in [3.05, 3.63) is 53.3 Å². The Morgan fingerprint density at radius 1 is 1.03 bits per heavy atom. The first kappa shape index (κ1) is 21.1. The third-order valence-electron chi connectivity index (χ3n) is 4.64. The number of hydrogen-bond acceptors (Lipinski definition) is 4. The topological polar surface area (TPSA) is 75.7 Å². The van der Waals surface area contributed by atoms with Crippen molar-refractivity contribution in [2.45, 2.75) is 24.2 Å². The van der Waals surface area contributed by atoms with Crippen molar-refractivity contribution in [2.24, 2.45) is 0 Å². The number of carbonyl (C=O) groups excluding carboxylic acids is 1. The molecule has 0 aliphatic carbocycles. The summed E-state index contributed by atoms with van der Waals surface area (Å²) in [5.41, 5.74) is -0.671. The molecule has 1 saturated heterocycles. The van der Waals surface area contributed by atoms with Crippen LogP contribution in [0.15, 0.2) is 35.2 Å². The fourth-order valence-electron chi connectivity index (χ4n) is 3.08. The number of hydrogen-bond donors (Lipinski definition) is 1. The van der Waals surface area contributed by atoms with Crippen LogP contribution in [0.2, 0.25) is 0 Å². The normalized spacial score (nSPS) is 15.2. The predicted octanol–water partition coefficient (Wildman–Crippen LogP) is 3.54. The van der Waals surface area contributed by atoms with Crippen LogP contribution in [0, 0.1) is 17.5 Å². The number of halogens is 3. The van der Waals surface area contributed by atoms with E-state index in [0.29, 0.717) is 19.2 Å². The highest BCUT2D eigenvalue weighted by molar-refractivity contribution is 7.89. The van der Waals surface area contributed by atoms with Crippen LogP contribution in [0.4, 0.5) is 18.9 Å². The van der Waals surface area contributed by atoms with Crippen LogP contribution in [0.5, 0.6) is 5.75 Å². The van der Waals surface area contributed by atoms with Gasteiger partial charge in [0, 0.05) is 18.7 Å². The van der Waals surface area contributed by atoms with Gasteiger partial charge in [0.25, 0.3) is 5.91 Å². The third-order valence-corrected chi connectivity index (χ3v) is 6.56. The Morgan fingerprint density at radius 3 is 2.38 bits per heavy atom. The largest absolute Gasteiger partial charge is 0.495 e. The van der Waals surface area contributed by atoms with E-state index in [0.717, 1.165) is 31.4 Å². The van der Waals surface area contributed by atoms with E-state index in [2.05, 4.69) is 5.32 Å². The van der Waals surface area contributed by atoms with Gasteiger partial charge < -0.3 is 10.1 Å². The summed E-state index contributed by atoms with van der Waals surface area (Å²) in [6.07, 6.45) is 2.40. The van der Waals surface area contributed by atoms with Gasteiger partial charge in [0.2, 0.25) is 10.0 Å². The quantitative estimate of drug-likeness (QED) is 0.740. The zero-order chi connectivity index (χ0) is 21.2. The molecule has 3 rings (SSSR count). The monoisotopic (exact) mass is 428 g/mol. The number of rotatable bonds is 5. The Morgan fingerprint density at radius 2 is 1.72 bits per heavy atom.